The van der Waals surface area contributed by atoms with Crippen molar-refractivity contribution in [3.8, 4) is 5.75 Å². The van der Waals surface area contributed by atoms with Gasteiger partial charge in [0, 0.05) is 31.4 Å². The summed E-state index contributed by atoms with van der Waals surface area (Å²) in [4.78, 5) is 32.1. The number of aryl methyl sites for hydroxylation is 1. The number of nitrogens with zero attached hydrogens (tertiary/aromatic N) is 4. The van der Waals surface area contributed by atoms with Crippen molar-refractivity contribution < 1.29 is 9.53 Å². The molecule has 6 rings (SSSR count). The van der Waals surface area contributed by atoms with Gasteiger partial charge in [0.1, 0.15) is 18.2 Å². The average molecular weight is 503 g/mol. The number of amides is 1. The Labute approximate surface area is 214 Å². The summed E-state index contributed by atoms with van der Waals surface area (Å²) in [5, 5.41) is 0. The van der Waals surface area contributed by atoms with Crippen molar-refractivity contribution in [1.82, 2.24) is 19.0 Å². The molecule has 2 aromatic carbocycles. The number of likely N-dealkylation sites (tertiary alicyclic amines) is 1. The molecule has 1 aliphatic carbocycles. The molecule has 0 saturated carbocycles. The average Bonchev–Trinajstić information content (AvgIpc) is 3.64. The van der Waals surface area contributed by atoms with Crippen molar-refractivity contribution in [2.24, 2.45) is 0 Å². The first kappa shape index (κ1) is 23.0. The molecule has 0 spiro atoms. The van der Waals surface area contributed by atoms with Crippen LogP contribution in [0.3, 0.4) is 0 Å². The van der Waals surface area contributed by atoms with Gasteiger partial charge in [0.2, 0.25) is 0 Å². The maximum atomic E-state index is 12.9. The number of aromatic nitrogens is 3. The molecule has 36 heavy (non-hydrogen) atoms. The number of fused-ring (bicyclic) bond motifs is 2. The van der Waals surface area contributed by atoms with E-state index in [-0.39, 0.29) is 23.3 Å². The van der Waals surface area contributed by atoms with Crippen LogP contribution in [0.2, 0.25) is 0 Å². The Hall–Kier alpha value is -3.39. The molecule has 2 aromatic heterocycles. The number of piperidine rings is 1. The van der Waals surface area contributed by atoms with E-state index in [1.165, 1.54) is 28.0 Å². The Kier molecular flexibility index (Phi) is 6.13. The van der Waals surface area contributed by atoms with Crippen LogP contribution in [0, 0.1) is 6.92 Å². The van der Waals surface area contributed by atoms with Crippen LogP contribution < -0.4 is 9.61 Å². The van der Waals surface area contributed by atoms with Crippen molar-refractivity contribution in [2.45, 2.75) is 51.6 Å². The molecule has 0 N–H and O–H groups in total. The zero-order valence-electron chi connectivity index (χ0n) is 20.5. The third-order valence-corrected chi connectivity index (χ3v) is 8.62. The summed E-state index contributed by atoms with van der Waals surface area (Å²) >= 11 is 1.27. The standard InChI is InChI=1S/C28H30N4O3S/c1-19-9-10-24(22-6-4-5-21(19)22)35-17-26(33)30-14-11-20(12-15-30)27-29-13-16-31(27)18-32-23-7-2-3-8-25(23)36-28(32)34/h2-3,7-10,13,16,20H,4-6,11-12,14-15,17-18H2,1H3. The molecule has 2 aliphatic rings. The highest BCUT2D eigenvalue weighted by Crippen LogP contribution is 2.33. The van der Waals surface area contributed by atoms with Gasteiger partial charge in [0.25, 0.3) is 5.91 Å². The maximum absolute atomic E-state index is 12.9. The molecular formula is C28H30N4O3S. The van der Waals surface area contributed by atoms with Gasteiger partial charge in [-0.2, -0.15) is 0 Å². The number of thiazole rings is 1. The van der Waals surface area contributed by atoms with E-state index in [1.807, 2.05) is 46.0 Å². The maximum Gasteiger partial charge on any atom is 0.309 e. The summed E-state index contributed by atoms with van der Waals surface area (Å²) in [5.74, 6) is 2.15. The molecule has 0 radical (unpaired) electrons. The third-order valence-electron chi connectivity index (χ3n) is 7.66. The number of benzene rings is 2. The van der Waals surface area contributed by atoms with Gasteiger partial charge in [-0.3, -0.25) is 14.2 Å². The smallest absolute Gasteiger partial charge is 0.309 e. The fourth-order valence-electron chi connectivity index (χ4n) is 5.71. The van der Waals surface area contributed by atoms with Gasteiger partial charge in [-0.05, 0) is 73.9 Å². The summed E-state index contributed by atoms with van der Waals surface area (Å²) < 4.78 is 10.9. The minimum Gasteiger partial charge on any atom is -0.483 e. The molecule has 1 saturated heterocycles. The number of imidazole rings is 1. The van der Waals surface area contributed by atoms with Gasteiger partial charge in [-0.25, -0.2) is 4.98 Å². The largest absolute Gasteiger partial charge is 0.483 e. The SMILES string of the molecule is Cc1ccc(OCC(=O)N2CCC(c3nccn3Cn3c(=O)sc4ccccc43)CC2)c2c1CCC2. The van der Waals surface area contributed by atoms with Crippen LogP contribution in [-0.4, -0.2) is 44.6 Å². The van der Waals surface area contributed by atoms with E-state index in [9.17, 15) is 9.59 Å². The number of para-hydroxylation sites is 1. The first-order valence-corrected chi connectivity index (χ1v) is 13.5. The van der Waals surface area contributed by atoms with E-state index in [0.29, 0.717) is 19.8 Å². The number of hydrogen-bond acceptors (Lipinski definition) is 5. The zero-order valence-corrected chi connectivity index (χ0v) is 21.3. The Morgan fingerprint density at radius 3 is 2.78 bits per heavy atom. The summed E-state index contributed by atoms with van der Waals surface area (Å²) in [6.07, 6.45) is 8.74. The summed E-state index contributed by atoms with van der Waals surface area (Å²) in [6, 6.07) is 12.0. The van der Waals surface area contributed by atoms with Gasteiger partial charge >= 0.3 is 4.87 Å². The van der Waals surface area contributed by atoms with E-state index < -0.39 is 0 Å². The van der Waals surface area contributed by atoms with Crippen LogP contribution in [0.5, 0.6) is 5.75 Å². The van der Waals surface area contributed by atoms with Gasteiger partial charge < -0.3 is 14.2 Å². The molecular weight excluding hydrogens is 472 g/mol. The van der Waals surface area contributed by atoms with E-state index in [2.05, 4.69) is 22.5 Å². The quantitative estimate of drug-likeness (QED) is 0.393. The van der Waals surface area contributed by atoms with Gasteiger partial charge in [0.05, 0.1) is 10.2 Å². The lowest BCUT2D eigenvalue weighted by atomic mass is 9.96. The van der Waals surface area contributed by atoms with Gasteiger partial charge in [-0.15, -0.1) is 0 Å². The van der Waals surface area contributed by atoms with Crippen molar-refractivity contribution >= 4 is 27.5 Å². The first-order valence-electron chi connectivity index (χ1n) is 12.7. The highest BCUT2D eigenvalue weighted by molar-refractivity contribution is 7.16. The Morgan fingerprint density at radius 1 is 1.11 bits per heavy atom. The molecule has 7 nitrogen and oxygen atoms in total. The molecule has 8 heteroatoms. The van der Waals surface area contributed by atoms with Crippen molar-refractivity contribution in [3.05, 3.63) is 81.0 Å². The molecule has 0 atom stereocenters. The van der Waals surface area contributed by atoms with E-state index >= 15 is 0 Å². The van der Waals surface area contributed by atoms with Crippen LogP contribution in [0.1, 0.15) is 47.7 Å². The molecule has 3 heterocycles. The molecule has 4 aromatic rings. The predicted molar refractivity (Wildman–Crippen MR) is 141 cm³/mol. The minimum atomic E-state index is 0.0375. The van der Waals surface area contributed by atoms with E-state index in [1.54, 1.807) is 6.20 Å². The van der Waals surface area contributed by atoms with E-state index in [4.69, 9.17) is 4.74 Å². The third kappa shape index (κ3) is 4.23. The Bertz CT molecular complexity index is 1480. The molecule has 186 valence electrons. The highest BCUT2D eigenvalue weighted by Gasteiger charge is 2.27. The van der Waals surface area contributed by atoms with Crippen LogP contribution in [-0.2, 0) is 24.3 Å². The topological polar surface area (TPSA) is 69.4 Å². The predicted octanol–water partition coefficient (Wildman–Crippen LogP) is 4.35. The van der Waals surface area contributed by atoms with Gasteiger partial charge in [0.15, 0.2) is 6.61 Å². The summed E-state index contributed by atoms with van der Waals surface area (Å²) in [7, 11) is 0. The molecule has 1 amide bonds. The van der Waals surface area contributed by atoms with Gasteiger partial charge in [-0.1, -0.05) is 29.5 Å². The molecule has 0 unspecified atom stereocenters. The van der Waals surface area contributed by atoms with Crippen molar-refractivity contribution in [3.63, 3.8) is 0 Å². The second kappa shape index (κ2) is 9.58. The number of carbonyl (C=O) groups is 1. The fraction of sp³-hybridized carbons (Fsp3) is 0.393. The second-order valence-corrected chi connectivity index (χ2v) is 10.8. The Morgan fingerprint density at radius 2 is 1.92 bits per heavy atom. The Balaban J connectivity index is 1.08. The monoisotopic (exact) mass is 502 g/mol. The lowest BCUT2D eigenvalue weighted by molar-refractivity contribution is -0.134. The fourth-order valence-corrected chi connectivity index (χ4v) is 6.59. The van der Waals surface area contributed by atoms with Crippen LogP contribution >= 0.6 is 11.3 Å². The zero-order chi connectivity index (χ0) is 24.6. The van der Waals surface area contributed by atoms with Crippen molar-refractivity contribution in [1.29, 1.82) is 0 Å². The molecule has 1 aliphatic heterocycles. The number of ether oxygens (including phenoxy) is 1. The first-order chi connectivity index (χ1) is 17.6. The molecule has 1 fully saturated rings. The lowest BCUT2D eigenvalue weighted by Crippen LogP contribution is -2.41. The highest BCUT2D eigenvalue weighted by atomic mass is 32.1. The van der Waals surface area contributed by atoms with Crippen LogP contribution in [0.25, 0.3) is 10.2 Å². The number of hydrogen-bond donors (Lipinski definition) is 0. The van der Waals surface area contributed by atoms with E-state index in [0.717, 1.165) is 53.9 Å². The normalized spacial score (nSPS) is 16.0. The summed E-state index contributed by atoms with van der Waals surface area (Å²) in [6.45, 7) is 4.06. The number of carbonyl (C=O) groups excluding carboxylic acids is 1. The second-order valence-electron chi connectivity index (χ2n) is 9.80. The van der Waals surface area contributed by atoms with Crippen LogP contribution in [0.15, 0.2) is 53.6 Å². The van der Waals surface area contributed by atoms with Crippen molar-refractivity contribution in [2.75, 3.05) is 19.7 Å². The molecule has 0 bridgehead atoms. The van der Waals surface area contributed by atoms with Crippen LogP contribution in [0.4, 0.5) is 0 Å². The summed E-state index contributed by atoms with van der Waals surface area (Å²) in [5.41, 5.74) is 4.95. The number of rotatable bonds is 6. The lowest BCUT2D eigenvalue weighted by Gasteiger charge is -2.32. The minimum absolute atomic E-state index is 0.0375.